The number of likely N-dealkylation sites (N-methyl/N-ethyl adjacent to an activating group) is 1. The van der Waals surface area contributed by atoms with Gasteiger partial charge >= 0.3 is 12.2 Å². The zero-order chi connectivity index (χ0) is 37.3. The minimum absolute atomic E-state index is 0.0868. The largest absolute Gasteiger partial charge is 0.461 e. The lowest BCUT2D eigenvalue weighted by atomic mass is 9.93. The predicted molar refractivity (Wildman–Crippen MR) is 183 cm³/mol. The molecule has 274 valence electrons. The van der Waals surface area contributed by atoms with Gasteiger partial charge in [-0.25, -0.2) is 22.4 Å². The summed E-state index contributed by atoms with van der Waals surface area (Å²) < 4.78 is 112. The van der Waals surface area contributed by atoms with Crippen molar-refractivity contribution in [3.05, 3.63) is 59.5 Å². The highest BCUT2D eigenvalue weighted by atomic mass is 32.1. The Morgan fingerprint density at radius 3 is 2.75 bits per heavy atom. The molecular weight excluding hydrogens is 715 g/mol. The van der Waals surface area contributed by atoms with Gasteiger partial charge in [-0.2, -0.15) is 23.1 Å². The van der Waals surface area contributed by atoms with Gasteiger partial charge in [0.05, 0.1) is 39.5 Å². The number of alkyl halides is 5. The molecule has 0 saturated carbocycles. The number of ether oxygens (including phenoxy) is 1. The lowest BCUT2D eigenvalue weighted by Gasteiger charge is -2.33. The Morgan fingerprint density at radius 2 is 2.06 bits per heavy atom. The number of likely N-dealkylation sites (tertiary alicyclic amines) is 1. The van der Waals surface area contributed by atoms with Gasteiger partial charge in [-0.1, -0.05) is 12.6 Å². The van der Waals surface area contributed by atoms with Crippen LogP contribution < -0.4 is 15.4 Å². The maximum absolute atomic E-state index is 17.1. The third-order valence-electron chi connectivity index (χ3n) is 10.6. The summed E-state index contributed by atoms with van der Waals surface area (Å²) in [5, 5.41) is -0.831. The Bertz CT molecular complexity index is 2150. The van der Waals surface area contributed by atoms with Crippen molar-refractivity contribution in [2.45, 2.75) is 55.7 Å². The summed E-state index contributed by atoms with van der Waals surface area (Å²) in [6, 6.07) is 0.238. The van der Waals surface area contributed by atoms with Crippen LogP contribution in [0, 0.1) is 18.2 Å². The van der Waals surface area contributed by atoms with Crippen molar-refractivity contribution < 1.29 is 40.3 Å². The van der Waals surface area contributed by atoms with Crippen LogP contribution in [0.3, 0.4) is 0 Å². The van der Waals surface area contributed by atoms with E-state index in [1.54, 1.807) is 0 Å². The highest BCUT2D eigenvalue weighted by Crippen LogP contribution is 2.51. The number of nitrogen functional groups attached to an aromatic ring is 1. The standard InChI is InChI=1S/C35H32F7N7O2S/c1-4-24(50)49-11-8-22(23(49)14-36)47(3)32-19-12-20(35(40,41)42)25(18-6-7-21(38)30-26(18)29(44-2)31(43)52-30)27(39)28(19)45-33(46-32)51-16-34-9-5-10-48(34)15-17(37)13-34/h4,6-7,12,17,22-23H,1,5,8-11,13-16,43H2,3H3. The van der Waals surface area contributed by atoms with Crippen LogP contribution in [0.4, 0.5) is 47.2 Å². The second kappa shape index (κ2) is 13.1. The highest BCUT2D eigenvalue weighted by Gasteiger charge is 2.49. The van der Waals surface area contributed by atoms with Crippen molar-refractivity contribution in [3.63, 3.8) is 0 Å². The van der Waals surface area contributed by atoms with Crippen molar-refractivity contribution in [2.24, 2.45) is 0 Å². The van der Waals surface area contributed by atoms with E-state index in [2.05, 4.69) is 21.4 Å². The minimum atomic E-state index is -5.19. The number of rotatable bonds is 8. The summed E-state index contributed by atoms with van der Waals surface area (Å²) in [5.74, 6) is -3.07. The number of nitrogens with zero attached hydrogens (tertiary/aromatic N) is 6. The SMILES string of the molecule is [C-]#[N+]c1c(N)sc2c(F)ccc(-c3c(C(F)(F)F)cc4c(N(C)C5CCN(C(=O)C=C)C5CF)nc(OCC56CCCN5CC(F)C6)nc4c3F)c12. The van der Waals surface area contributed by atoms with Crippen molar-refractivity contribution in [1.29, 1.82) is 0 Å². The number of amides is 1. The van der Waals surface area contributed by atoms with Crippen molar-refractivity contribution >= 4 is 54.7 Å². The van der Waals surface area contributed by atoms with Crippen LogP contribution in [0.25, 0.3) is 37.0 Å². The Kier molecular flexibility index (Phi) is 8.97. The molecule has 0 aliphatic carbocycles. The first-order valence-corrected chi connectivity index (χ1v) is 17.3. The molecular formula is C35H32F7N7O2S. The van der Waals surface area contributed by atoms with Crippen molar-refractivity contribution in [2.75, 3.05) is 50.6 Å². The summed E-state index contributed by atoms with van der Waals surface area (Å²) in [7, 11) is 1.45. The molecule has 4 atom stereocenters. The molecule has 5 heterocycles. The van der Waals surface area contributed by atoms with Crippen LogP contribution in [0.5, 0.6) is 6.01 Å². The summed E-state index contributed by atoms with van der Waals surface area (Å²) in [5.41, 5.74) is 1.47. The van der Waals surface area contributed by atoms with E-state index in [-0.39, 0.29) is 59.1 Å². The van der Waals surface area contributed by atoms with Gasteiger partial charge in [0, 0.05) is 42.9 Å². The molecule has 3 aliphatic rings. The molecule has 3 fully saturated rings. The molecule has 52 heavy (non-hydrogen) atoms. The maximum atomic E-state index is 17.1. The molecule has 2 aromatic heterocycles. The normalized spacial score (nSPS) is 23.4. The van der Waals surface area contributed by atoms with Gasteiger partial charge in [-0.05, 0) is 49.6 Å². The molecule has 4 aromatic rings. The molecule has 2 N–H and O–H groups in total. The molecule has 9 nitrogen and oxygen atoms in total. The first kappa shape index (κ1) is 35.7. The van der Waals surface area contributed by atoms with E-state index in [1.165, 1.54) is 16.8 Å². The van der Waals surface area contributed by atoms with Crippen LogP contribution >= 0.6 is 11.3 Å². The van der Waals surface area contributed by atoms with Gasteiger partial charge in [-0.15, -0.1) is 11.3 Å². The molecule has 1 amide bonds. The Balaban J connectivity index is 1.45. The number of carbonyl (C=O) groups is 1. The van der Waals surface area contributed by atoms with Crippen LogP contribution in [0.2, 0.25) is 0 Å². The molecule has 4 unspecified atom stereocenters. The van der Waals surface area contributed by atoms with E-state index in [4.69, 9.17) is 17.0 Å². The summed E-state index contributed by atoms with van der Waals surface area (Å²) >= 11 is 0.654. The minimum Gasteiger partial charge on any atom is -0.461 e. The molecule has 7 rings (SSSR count). The Morgan fingerprint density at radius 1 is 1.29 bits per heavy atom. The lowest BCUT2D eigenvalue weighted by molar-refractivity contribution is -0.137. The average Bonchev–Trinajstić information content (AvgIpc) is 3.87. The predicted octanol–water partition coefficient (Wildman–Crippen LogP) is 7.46. The number of fused-ring (bicyclic) bond motifs is 3. The first-order valence-electron chi connectivity index (χ1n) is 16.5. The van der Waals surface area contributed by atoms with E-state index in [0.717, 1.165) is 24.6 Å². The summed E-state index contributed by atoms with van der Waals surface area (Å²) in [4.78, 5) is 29.2. The Labute approximate surface area is 297 Å². The van der Waals surface area contributed by atoms with E-state index in [0.29, 0.717) is 30.4 Å². The first-order chi connectivity index (χ1) is 24.7. The smallest absolute Gasteiger partial charge is 0.417 e. The van der Waals surface area contributed by atoms with E-state index >= 15 is 17.6 Å². The fourth-order valence-electron chi connectivity index (χ4n) is 8.17. The number of nitrogens with two attached hydrogens (primary N) is 1. The monoisotopic (exact) mass is 747 g/mol. The molecule has 0 spiro atoms. The van der Waals surface area contributed by atoms with Crippen LogP contribution in [0.15, 0.2) is 30.9 Å². The van der Waals surface area contributed by atoms with Gasteiger partial charge < -0.3 is 20.3 Å². The fraction of sp³-hybridized carbons (Fsp3) is 0.429. The zero-order valence-electron chi connectivity index (χ0n) is 27.7. The molecule has 3 saturated heterocycles. The number of hydrogen-bond acceptors (Lipinski definition) is 8. The van der Waals surface area contributed by atoms with Gasteiger partial charge in [0.2, 0.25) is 11.6 Å². The molecule has 2 aromatic carbocycles. The van der Waals surface area contributed by atoms with E-state index in [1.807, 2.05) is 4.90 Å². The van der Waals surface area contributed by atoms with Gasteiger partial charge in [0.15, 0.2) is 5.82 Å². The number of carbonyl (C=O) groups excluding carboxylic acids is 1. The third kappa shape index (κ3) is 5.67. The number of thiophene rings is 1. The number of anilines is 2. The van der Waals surface area contributed by atoms with Crippen molar-refractivity contribution in [1.82, 2.24) is 19.8 Å². The van der Waals surface area contributed by atoms with Crippen LogP contribution in [-0.4, -0.2) is 89.4 Å². The average molecular weight is 748 g/mol. The van der Waals surface area contributed by atoms with Crippen LogP contribution in [0.1, 0.15) is 31.2 Å². The van der Waals surface area contributed by atoms with Gasteiger partial charge in [0.1, 0.15) is 36.6 Å². The highest BCUT2D eigenvalue weighted by molar-refractivity contribution is 7.23. The summed E-state index contributed by atoms with van der Waals surface area (Å²) in [6.45, 7) is 11.0. The number of halogens is 7. The second-order valence-corrected chi connectivity index (χ2v) is 14.4. The van der Waals surface area contributed by atoms with E-state index in [9.17, 15) is 18.0 Å². The number of benzene rings is 2. The Hall–Kier alpha value is -4.69. The molecule has 0 radical (unpaired) electrons. The molecule has 3 aliphatic heterocycles. The number of aromatic nitrogens is 2. The fourth-order valence-corrected chi connectivity index (χ4v) is 9.11. The maximum Gasteiger partial charge on any atom is 0.417 e. The van der Waals surface area contributed by atoms with Crippen molar-refractivity contribution in [3.8, 4) is 17.1 Å². The van der Waals surface area contributed by atoms with Crippen LogP contribution in [-0.2, 0) is 11.0 Å². The molecule has 0 bridgehead atoms. The van der Waals surface area contributed by atoms with E-state index < -0.39 is 87.8 Å². The van der Waals surface area contributed by atoms with Gasteiger partial charge in [-0.3, -0.25) is 9.69 Å². The topological polar surface area (TPSA) is 92.2 Å². The van der Waals surface area contributed by atoms with Gasteiger partial charge in [0.25, 0.3) is 0 Å². The number of hydrogen-bond donors (Lipinski definition) is 1. The summed E-state index contributed by atoms with van der Waals surface area (Å²) in [6.07, 6.45) is -3.46. The second-order valence-electron chi connectivity index (χ2n) is 13.4. The molecule has 17 heteroatoms. The zero-order valence-corrected chi connectivity index (χ0v) is 28.6. The lowest BCUT2D eigenvalue weighted by Crippen LogP contribution is -2.47. The quantitative estimate of drug-likeness (QED) is 0.114. The third-order valence-corrected chi connectivity index (χ3v) is 11.6.